The molecule has 0 unspecified atom stereocenters. The molecular formula is C22H19F3N2OS. The van der Waals surface area contributed by atoms with Crippen LogP contribution in [-0.4, -0.2) is 23.2 Å². The molecule has 0 bridgehead atoms. The van der Waals surface area contributed by atoms with E-state index < -0.39 is 18.5 Å². The predicted molar refractivity (Wildman–Crippen MR) is 111 cm³/mol. The molecule has 0 radical (unpaired) electrons. The van der Waals surface area contributed by atoms with Gasteiger partial charge in [-0.05, 0) is 36.1 Å². The molecule has 4 rings (SSSR count). The highest BCUT2D eigenvalue weighted by atomic mass is 32.1. The summed E-state index contributed by atoms with van der Waals surface area (Å²) >= 11 is 1.71. The molecule has 2 heterocycles. The maximum atomic E-state index is 12.3. The molecule has 0 atom stereocenters. The van der Waals surface area contributed by atoms with Gasteiger partial charge in [0.1, 0.15) is 6.42 Å². The predicted octanol–water partition coefficient (Wildman–Crippen LogP) is 5.98. The SMILES string of the molecule is O=C(CC(F)(F)F)NCCCn1c(-c2cc3ccccc3s2)cc2ccccc21. The van der Waals surface area contributed by atoms with Crippen molar-refractivity contribution in [2.24, 2.45) is 0 Å². The van der Waals surface area contributed by atoms with Crippen LogP contribution in [0.2, 0.25) is 0 Å². The normalized spacial score (nSPS) is 12.0. The van der Waals surface area contributed by atoms with E-state index in [1.807, 2.05) is 36.4 Å². The lowest BCUT2D eigenvalue weighted by molar-refractivity contribution is -0.153. The molecule has 7 heteroatoms. The summed E-state index contributed by atoms with van der Waals surface area (Å²) < 4.78 is 40.2. The number of hydrogen-bond donors (Lipinski definition) is 1. The molecule has 2 aromatic carbocycles. The van der Waals surface area contributed by atoms with Crippen molar-refractivity contribution in [3.63, 3.8) is 0 Å². The van der Waals surface area contributed by atoms with Crippen LogP contribution in [0, 0.1) is 0 Å². The van der Waals surface area contributed by atoms with Crippen LogP contribution in [0.15, 0.2) is 60.7 Å². The molecule has 1 amide bonds. The number of carbonyl (C=O) groups excluding carboxylic acids is 1. The number of hydrogen-bond acceptors (Lipinski definition) is 2. The van der Waals surface area contributed by atoms with E-state index in [1.165, 1.54) is 10.1 Å². The third-order valence-electron chi connectivity index (χ3n) is 4.73. The minimum Gasteiger partial charge on any atom is -0.356 e. The number of fused-ring (bicyclic) bond motifs is 2. The van der Waals surface area contributed by atoms with Crippen molar-refractivity contribution < 1.29 is 18.0 Å². The molecule has 0 aliphatic rings. The van der Waals surface area contributed by atoms with Crippen molar-refractivity contribution in [1.82, 2.24) is 9.88 Å². The molecule has 0 aliphatic heterocycles. The zero-order chi connectivity index (χ0) is 20.4. The van der Waals surface area contributed by atoms with Crippen molar-refractivity contribution >= 4 is 38.2 Å². The van der Waals surface area contributed by atoms with Gasteiger partial charge < -0.3 is 9.88 Å². The molecule has 4 aromatic rings. The van der Waals surface area contributed by atoms with Gasteiger partial charge in [0.2, 0.25) is 5.91 Å². The van der Waals surface area contributed by atoms with Gasteiger partial charge >= 0.3 is 6.18 Å². The van der Waals surface area contributed by atoms with Crippen LogP contribution in [0.1, 0.15) is 12.8 Å². The zero-order valence-electron chi connectivity index (χ0n) is 15.5. The van der Waals surface area contributed by atoms with Crippen molar-refractivity contribution in [1.29, 1.82) is 0 Å². The van der Waals surface area contributed by atoms with Gasteiger partial charge in [-0.3, -0.25) is 4.79 Å². The van der Waals surface area contributed by atoms with E-state index in [9.17, 15) is 18.0 Å². The first-order valence-electron chi connectivity index (χ1n) is 9.31. The summed E-state index contributed by atoms with van der Waals surface area (Å²) in [5, 5.41) is 4.66. The topological polar surface area (TPSA) is 34.0 Å². The van der Waals surface area contributed by atoms with Gasteiger partial charge in [0, 0.05) is 28.7 Å². The molecule has 1 N–H and O–H groups in total. The van der Waals surface area contributed by atoms with E-state index in [4.69, 9.17) is 0 Å². The zero-order valence-corrected chi connectivity index (χ0v) is 16.3. The number of nitrogens with zero attached hydrogens (tertiary/aromatic N) is 1. The second-order valence-electron chi connectivity index (χ2n) is 6.88. The third kappa shape index (κ3) is 4.45. The maximum absolute atomic E-state index is 12.3. The van der Waals surface area contributed by atoms with E-state index in [2.05, 4.69) is 34.1 Å². The van der Waals surface area contributed by atoms with Crippen LogP contribution in [-0.2, 0) is 11.3 Å². The van der Waals surface area contributed by atoms with Crippen LogP contribution in [0.4, 0.5) is 13.2 Å². The summed E-state index contributed by atoms with van der Waals surface area (Å²) in [5.74, 6) is -0.986. The Balaban J connectivity index is 1.55. The fourth-order valence-corrected chi connectivity index (χ4v) is 4.56. The molecule has 0 saturated heterocycles. The van der Waals surface area contributed by atoms with Gasteiger partial charge in [0.25, 0.3) is 0 Å². The van der Waals surface area contributed by atoms with E-state index in [-0.39, 0.29) is 6.54 Å². The van der Waals surface area contributed by atoms with Gasteiger partial charge in [-0.2, -0.15) is 13.2 Å². The summed E-state index contributed by atoms with van der Waals surface area (Å²) in [7, 11) is 0. The van der Waals surface area contributed by atoms with Crippen LogP contribution < -0.4 is 5.32 Å². The van der Waals surface area contributed by atoms with Crippen LogP contribution in [0.5, 0.6) is 0 Å². The summed E-state index contributed by atoms with van der Waals surface area (Å²) in [6.45, 7) is 0.802. The Bertz CT molecular complexity index is 1130. The fourth-order valence-electron chi connectivity index (χ4n) is 3.47. The second kappa shape index (κ2) is 7.91. The third-order valence-corrected chi connectivity index (χ3v) is 5.87. The number of thiophene rings is 1. The Morgan fingerprint density at radius 1 is 1.00 bits per heavy atom. The highest BCUT2D eigenvalue weighted by Crippen LogP contribution is 2.36. The minimum absolute atomic E-state index is 0.202. The highest BCUT2D eigenvalue weighted by Gasteiger charge is 2.30. The van der Waals surface area contributed by atoms with E-state index >= 15 is 0 Å². The number of aryl methyl sites for hydroxylation is 1. The van der Waals surface area contributed by atoms with E-state index in [0.717, 1.165) is 21.5 Å². The number of rotatable bonds is 6. The molecule has 29 heavy (non-hydrogen) atoms. The Labute approximate surface area is 169 Å². The Kier molecular flexibility index (Phi) is 5.32. The Hall–Kier alpha value is -2.80. The lowest BCUT2D eigenvalue weighted by Crippen LogP contribution is -2.29. The first kappa shape index (κ1) is 19.5. The maximum Gasteiger partial charge on any atom is 0.397 e. The molecule has 150 valence electrons. The number of halogens is 3. The average Bonchev–Trinajstić information content (AvgIpc) is 3.25. The standard InChI is InChI=1S/C22H19F3N2OS/c23-22(24,25)14-21(28)26-10-5-11-27-17-8-3-1-6-15(17)12-18(27)20-13-16-7-2-4-9-19(16)29-20/h1-4,6-9,12-13H,5,10-11,14H2,(H,26,28). The summed E-state index contributed by atoms with van der Waals surface area (Å²) in [5.41, 5.74) is 2.15. The summed E-state index contributed by atoms with van der Waals surface area (Å²) in [6.07, 6.45) is -5.37. The molecular weight excluding hydrogens is 397 g/mol. The smallest absolute Gasteiger partial charge is 0.356 e. The Morgan fingerprint density at radius 3 is 2.48 bits per heavy atom. The van der Waals surface area contributed by atoms with Gasteiger partial charge in [-0.1, -0.05) is 36.4 Å². The number of benzene rings is 2. The molecule has 2 aromatic heterocycles. The lowest BCUT2D eigenvalue weighted by atomic mass is 10.2. The Morgan fingerprint density at radius 2 is 1.72 bits per heavy atom. The average molecular weight is 416 g/mol. The van der Waals surface area contributed by atoms with Crippen LogP contribution in [0.25, 0.3) is 31.6 Å². The lowest BCUT2D eigenvalue weighted by Gasteiger charge is -2.11. The van der Waals surface area contributed by atoms with Crippen LogP contribution >= 0.6 is 11.3 Å². The number of para-hydroxylation sites is 1. The van der Waals surface area contributed by atoms with Crippen molar-refractivity contribution in [2.75, 3.05) is 6.54 Å². The largest absolute Gasteiger partial charge is 0.397 e. The first-order valence-corrected chi connectivity index (χ1v) is 10.1. The van der Waals surface area contributed by atoms with E-state index in [0.29, 0.717) is 13.0 Å². The second-order valence-corrected chi connectivity index (χ2v) is 7.97. The van der Waals surface area contributed by atoms with E-state index in [1.54, 1.807) is 11.3 Å². The molecule has 3 nitrogen and oxygen atoms in total. The monoisotopic (exact) mass is 416 g/mol. The number of nitrogens with one attached hydrogen (secondary N) is 1. The van der Waals surface area contributed by atoms with Crippen molar-refractivity contribution in [3.8, 4) is 10.6 Å². The number of carbonyl (C=O) groups is 1. The minimum atomic E-state index is -4.48. The van der Waals surface area contributed by atoms with Crippen LogP contribution in [0.3, 0.4) is 0 Å². The van der Waals surface area contributed by atoms with Gasteiger partial charge in [-0.25, -0.2) is 0 Å². The van der Waals surface area contributed by atoms with Crippen molar-refractivity contribution in [2.45, 2.75) is 25.6 Å². The first-order chi connectivity index (χ1) is 13.9. The summed E-state index contributed by atoms with van der Waals surface area (Å²) in [4.78, 5) is 12.5. The molecule has 0 fully saturated rings. The molecule has 0 saturated carbocycles. The quantitative estimate of drug-likeness (QED) is 0.385. The van der Waals surface area contributed by atoms with Gasteiger partial charge in [-0.15, -0.1) is 11.3 Å². The number of alkyl halides is 3. The summed E-state index contributed by atoms with van der Waals surface area (Å²) in [6, 6.07) is 20.5. The number of amides is 1. The number of aromatic nitrogens is 1. The molecule has 0 aliphatic carbocycles. The van der Waals surface area contributed by atoms with Crippen molar-refractivity contribution in [3.05, 3.63) is 60.7 Å². The highest BCUT2D eigenvalue weighted by molar-refractivity contribution is 7.22. The fraction of sp³-hybridized carbons (Fsp3) is 0.227. The van der Waals surface area contributed by atoms with Gasteiger partial charge in [0.05, 0.1) is 10.6 Å². The van der Waals surface area contributed by atoms with Gasteiger partial charge in [0.15, 0.2) is 0 Å². The molecule has 0 spiro atoms.